The van der Waals surface area contributed by atoms with E-state index < -0.39 is 5.97 Å². The van der Waals surface area contributed by atoms with Gasteiger partial charge < -0.3 is 20.1 Å². The molecule has 0 saturated heterocycles. The van der Waals surface area contributed by atoms with E-state index in [4.69, 9.17) is 21.7 Å². The quantitative estimate of drug-likeness (QED) is 0.309. The van der Waals surface area contributed by atoms with E-state index in [0.717, 1.165) is 12.0 Å². The SMILES string of the molecule is O=C(CCC(=O)OCCc1ccccc1)NC(=S)Nc1cccc(OCCc2ccccc2)c1. The normalized spacial score (nSPS) is 10.2. The molecule has 34 heavy (non-hydrogen) atoms. The van der Waals surface area contributed by atoms with E-state index in [9.17, 15) is 9.59 Å². The van der Waals surface area contributed by atoms with Crippen LogP contribution in [-0.4, -0.2) is 30.2 Å². The number of hydrogen-bond acceptors (Lipinski definition) is 5. The molecule has 0 unspecified atom stereocenters. The van der Waals surface area contributed by atoms with Crippen molar-refractivity contribution < 1.29 is 19.1 Å². The number of ether oxygens (including phenoxy) is 2. The summed E-state index contributed by atoms with van der Waals surface area (Å²) in [4.78, 5) is 24.0. The van der Waals surface area contributed by atoms with Crippen molar-refractivity contribution >= 4 is 34.9 Å². The summed E-state index contributed by atoms with van der Waals surface area (Å²) in [6.45, 7) is 0.838. The minimum Gasteiger partial charge on any atom is -0.493 e. The third kappa shape index (κ3) is 9.42. The van der Waals surface area contributed by atoms with Crippen molar-refractivity contribution in [3.05, 3.63) is 96.1 Å². The Morgan fingerprint density at radius 1 is 0.765 bits per heavy atom. The van der Waals surface area contributed by atoms with E-state index >= 15 is 0 Å². The summed E-state index contributed by atoms with van der Waals surface area (Å²) in [6.07, 6.45) is 1.44. The smallest absolute Gasteiger partial charge is 0.306 e. The third-order valence-corrected chi connectivity index (χ3v) is 5.10. The van der Waals surface area contributed by atoms with Crippen molar-refractivity contribution in [1.82, 2.24) is 5.32 Å². The second kappa shape index (κ2) is 13.7. The Hall–Kier alpha value is -3.71. The molecule has 3 aromatic rings. The lowest BCUT2D eigenvalue weighted by molar-refractivity contribution is -0.144. The van der Waals surface area contributed by atoms with Gasteiger partial charge in [-0.05, 0) is 35.5 Å². The van der Waals surface area contributed by atoms with E-state index in [0.29, 0.717) is 24.5 Å². The van der Waals surface area contributed by atoms with Crippen molar-refractivity contribution in [2.24, 2.45) is 0 Å². The van der Waals surface area contributed by atoms with Gasteiger partial charge in [-0.1, -0.05) is 66.7 Å². The molecule has 0 aliphatic rings. The van der Waals surface area contributed by atoms with Gasteiger partial charge in [0.25, 0.3) is 0 Å². The molecule has 176 valence electrons. The lowest BCUT2D eigenvalue weighted by Gasteiger charge is -2.11. The molecule has 1 amide bonds. The standard InChI is InChI=1S/C27H28N2O4S/c30-25(14-15-26(31)33-19-17-22-10-5-2-6-11-22)29-27(34)28-23-12-7-13-24(20-23)32-18-16-21-8-3-1-4-9-21/h1-13,20H,14-19H2,(H2,28,29,30,34). The molecule has 6 nitrogen and oxygen atoms in total. The zero-order valence-corrected chi connectivity index (χ0v) is 19.7. The number of nitrogens with one attached hydrogen (secondary N) is 2. The molecule has 0 heterocycles. The highest BCUT2D eigenvalue weighted by molar-refractivity contribution is 7.80. The maximum Gasteiger partial charge on any atom is 0.306 e. The zero-order valence-electron chi connectivity index (χ0n) is 18.9. The first kappa shape index (κ1) is 24.9. The molecular weight excluding hydrogens is 448 g/mol. The number of carbonyl (C=O) groups is 2. The molecule has 0 bridgehead atoms. The van der Waals surface area contributed by atoms with Crippen molar-refractivity contribution in [2.75, 3.05) is 18.5 Å². The van der Waals surface area contributed by atoms with Gasteiger partial charge in [0.05, 0.1) is 19.6 Å². The van der Waals surface area contributed by atoms with E-state index in [2.05, 4.69) is 22.8 Å². The van der Waals surface area contributed by atoms with Crippen LogP contribution in [-0.2, 0) is 27.2 Å². The molecule has 3 aromatic carbocycles. The maximum absolute atomic E-state index is 12.1. The highest BCUT2D eigenvalue weighted by atomic mass is 32.1. The molecular formula is C27H28N2O4S. The van der Waals surface area contributed by atoms with Crippen LogP contribution in [0.1, 0.15) is 24.0 Å². The number of amides is 1. The highest BCUT2D eigenvalue weighted by Crippen LogP contribution is 2.17. The predicted octanol–water partition coefficient (Wildman–Crippen LogP) is 4.69. The second-order valence-electron chi connectivity index (χ2n) is 7.57. The van der Waals surface area contributed by atoms with Crippen molar-refractivity contribution in [3.8, 4) is 5.75 Å². The van der Waals surface area contributed by atoms with Gasteiger partial charge in [0.1, 0.15) is 5.75 Å². The zero-order chi connectivity index (χ0) is 24.0. The summed E-state index contributed by atoms with van der Waals surface area (Å²) in [7, 11) is 0. The first-order valence-electron chi connectivity index (χ1n) is 11.2. The summed E-state index contributed by atoms with van der Waals surface area (Å²) in [5.41, 5.74) is 3.00. The first-order chi connectivity index (χ1) is 16.6. The topological polar surface area (TPSA) is 76.7 Å². The molecule has 0 spiro atoms. The highest BCUT2D eigenvalue weighted by Gasteiger charge is 2.10. The average Bonchev–Trinajstić information content (AvgIpc) is 2.84. The third-order valence-electron chi connectivity index (χ3n) is 4.90. The summed E-state index contributed by atoms with van der Waals surface area (Å²) < 4.78 is 11.0. The number of carbonyl (C=O) groups excluding carboxylic acids is 2. The fourth-order valence-corrected chi connectivity index (χ4v) is 3.39. The molecule has 0 aromatic heterocycles. The Morgan fingerprint density at radius 2 is 1.41 bits per heavy atom. The van der Waals surface area contributed by atoms with Gasteiger partial charge in [-0.2, -0.15) is 0 Å². The van der Waals surface area contributed by atoms with Crippen LogP contribution < -0.4 is 15.4 Å². The summed E-state index contributed by atoms with van der Waals surface area (Å²) in [6, 6.07) is 27.2. The first-order valence-corrected chi connectivity index (χ1v) is 11.6. The minimum absolute atomic E-state index is 0.00533. The number of hydrogen-bond donors (Lipinski definition) is 2. The van der Waals surface area contributed by atoms with Crippen LogP contribution in [0.2, 0.25) is 0 Å². The maximum atomic E-state index is 12.1. The number of benzene rings is 3. The summed E-state index contributed by atoms with van der Waals surface area (Å²) in [5.74, 6) is -0.0635. The van der Waals surface area contributed by atoms with E-state index in [1.54, 1.807) is 0 Å². The fraction of sp³-hybridized carbons (Fsp3) is 0.222. The molecule has 0 fully saturated rings. The number of rotatable bonds is 11. The van der Waals surface area contributed by atoms with Crippen LogP contribution in [0.15, 0.2) is 84.9 Å². The number of esters is 1. The van der Waals surface area contributed by atoms with E-state index in [1.807, 2.05) is 72.8 Å². The largest absolute Gasteiger partial charge is 0.493 e. The van der Waals surface area contributed by atoms with E-state index in [-0.39, 0.29) is 30.5 Å². The van der Waals surface area contributed by atoms with E-state index in [1.165, 1.54) is 5.56 Å². The Morgan fingerprint density at radius 3 is 2.09 bits per heavy atom. The molecule has 3 rings (SSSR count). The summed E-state index contributed by atoms with van der Waals surface area (Å²) in [5, 5.41) is 5.70. The lowest BCUT2D eigenvalue weighted by Crippen LogP contribution is -2.34. The number of anilines is 1. The molecule has 0 aliphatic carbocycles. The molecule has 0 radical (unpaired) electrons. The monoisotopic (exact) mass is 476 g/mol. The van der Waals surface area contributed by atoms with Crippen LogP contribution in [0.4, 0.5) is 5.69 Å². The van der Waals surface area contributed by atoms with Crippen molar-refractivity contribution in [2.45, 2.75) is 25.7 Å². The summed E-state index contributed by atoms with van der Waals surface area (Å²) >= 11 is 5.21. The van der Waals surface area contributed by atoms with Gasteiger partial charge in [0.15, 0.2) is 5.11 Å². The van der Waals surface area contributed by atoms with Crippen LogP contribution in [0, 0.1) is 0 Å². The average molecular weight is 477 g/mol. The van der Waals surface area contributed by atoms with Gasteiger partial charge in [-0.25, -0.2) is 0 Å². The molecule has 0 atom stereocenters. The van der Waals surface area contributed by atoms with Crippen LogP contribution in [0.25, 0.3) is 0 Å². The van der Waals surface area contributed by atoms with Crippen LogP contribution >= 0.6 is 12.2 Å². The van der Waals surface area contributed by atoms with Crippen LogP contribution in [0.5, 0.6) is 5.75 Å². The van der Waals surface area contributed by atoms with Crippen molar-refractivity contribution in [3.63, 3.8) is 0 Å². The Balaban J connectivity index is 1.33. The Labute approximate surface area is 205 Å². The van der Waals surface area contributed by atoms with Gasteiger partial charge in [0, 0.05) is 31.0 Å². The van der Waals surface area contributed by atoms with Crippen LogP contribution in [0.3, 0.4) is 0 Å². The fourth-order valence-electron chi connectivity index (χ4n) is 3.16. The number of thiocarbonyl (C=S) groups is 1. The predicted molar refractivity (Wildman–Crippen MR) is 137 cm³/mol. The second-order valence-corrected chi connectivity index (χ2v) is 7.98. The minimum atomic E-state index is -0.412. The van der Waals surface area contributed by atoms with Gasteiger partial charge in [-0.3, -0.25) is 9.59 Å². The Bertz CT molecular complexity index is 1070. The van der Waals surface area contributed by atoms with Gasteiger partial charge >= 0.3 is 5.97 Å². The lowest BCUT2D eigenvalue weighted by atomic mass is 10.2. The van der Waals surface area contributed by atoms with Gasteiger partial charge in [-0.15, -0.1) is 0 Å². The molecule has 2 N–H and O–H groups in total. The molecule has 0 aliphatic heterocycles. The molecule has 7 heteroatoms. The molecule has 0 saturated carbocycles. The van der Waals surface area contributed by atoms with Crippen molar-refractivity contribution in [1.29, 1.82) is 0 Å². The Kier molecular flexibility index (Phi) is 10.1. The van der Waals surface area contributed by atoms with Gasteiger partial charge in [0.2, 0.25) is 5.91 Å².